The zero-order chi connectivity index (χ0) is 28.5. The number of hydrogen-bond donors (Lipinski definition) is 0. The van der Waals surface area contributed by atoms with Crippen LogP contribution < -0.4 is 18.9 Å². The average molecular weight is 572 g/mol. The first-order valence-corrected chi connectivity index (χ1v) is 14.4. The molecule has 0 aliphatic carbocycles. The average Bonchev–Trinajstić information content (AvgIpc) is 3.70. The van der Waals surface area contributed by atoms with Crippen LogP contribution in [0.25, 0.3) is 0 Å². The first-order valence-electron chi connectivity index (χ1n) is 14.4. The van der Waals surface area contributed by atoms with Crippen molar-refractivity contribution >= 4 is 11.8 Å². The summed E-state index contributed by atoms with van der Waals surface area (Å²) in [6.45, 7) is 7.77. The molecule has 4 aliphatic rings. The Bertz CT molecular complexity index is 1350. The van der Waals surface area contributed by atoms with Crippen molar-refractivity contribution < 1.29 is 28.5 Å². The quantitative estimate of drug-likeness (QED) is 0.442. The smallest absolute Gasteiger partial charge is 0.272 e. The molecule has 0 N–H and O–H groups in total. The van der Waals surface area contributed by atoms with Crippen LogP contribution >= 0.6 is 0 Å². The van der Waals surface area contributed by atoms with E-state index in [0.717, 1.165) is 73.4 Å². The molecule has 7 rings (SSSR count). The van der Waals surface area contributed by atoms with Gasteiger partial charge in [-0.2, -0.15) is 0 Å². The summed E-state index contributed by atoms with van der Waals surface area (Å²) in [5, 5.41) is 0. The second-order valence-electron chi connectivity index (χ2n) is 10.9. The van der Waals surface area contributed by atoms with Gasteiger partial charge in [0, 0.05) is 71.6 Å². The molecule has 0 saturated carbocycles. The first-order chi connectivity index (χ1) is 20.6. The maximum atomic E-state index is 13.1. The lowest BCUT2D eigenvalue weighted by atomic mass is 10.1. The van der Waals surface area contributed by atoms with E-state index in [1.165, 1.54) is 6.20 Å². The molecular formula is C31H33N5O6. The SMILES string of the molecule is O=C(c1ccc(C(=O)N2CCN(Cc3ccc4c(c3)OCO4)CC2)nc1)N1CCN(Cc2ccc3c(c2)OCO3)CC1. The molecule has 0 radical (unpaired) electrons. The van der Waals surface area contributed by atoms with Crippen molar-refractivity contribution in [1.82, 2.24) is 24.6 Å². The molecule has 42 heavy (non-hydrogen) atoms. The van der Waals surface area contributed by atoms with Crippen LogP contribution in [-0.4, -0.2) is 102 Å². The van der Waals surface area contributed by atoms with Gasteiger partial charge in [0.25, 0.3) is 11.8 Å². The summed E-state index contributed by atoms with van der Waals surface area (Å²) in [6, 6.07) is 15.4. The van der Waals surface area contributed by atoms with Gasteiger partial charge in [-0.25, -0.2) is 0 Å². The van der Waals surface area contributed by atoms with Crippen molar-refractivity contribution in [2.45, 2.75) is 13.1 Å². The van der Waals surface area contributed by atoms with E-state index in [1.807, 2.05) is 34.1 Å². The van der Waals surface area contributed by atoms with Gasteiger partial charge in [-0.3, -0.25) is 24.4 Å². The summed E-state index contributed by atoms with van der Waals surface area (Å²) in [5.41, 5.74) is 3.19. The highest BCUT2D eigenvalue weighted by atomic mass is 16.7. The zero-order valence-corrected chi connectivity index (χ0v) is 23.4. The summed E-state index contributed by atoms with van der Waals surface area (Å²) in [6.07, 6.45) is 1.53. The maximum Gasteiger partial charge on any atom is 0.272 e. The lowest BCUT2D eigenvalue weighted by Crippen LogP contribution is -2.48. The van der Waals surface area contributed by atoms with Gasteiger partial charge in [0.05, 0.1) is 5.56 Å². The minimum atomic E-state index is -0.103. The predicted molar refractivity (Wildman–Crippen MR) is 152 cm³/mol. The normalized spacial score (nSPS) is 18.4. The Kier molecular flexibility index (Phi) is 7.27. The standard InChI is InChI=1S/C31H33N5O6/c37-30(35-11-7-33(8-12-35)18-22-1-5-26-28(15-22)41-20-39-26)24-3-4-25(32-17-24)31(38)36-13-9-34(10-14-36)19-23-2-6-27-29(16-23)42-21-40-27/h1-6,15-17H,7-14,18-21H2. The van der Waals surface area contributed by atoms with Crippen LogP contribution in [0.5, 0.6) is 23.0 Å². The van der Waals surface area contributed by atoms with Gasteiger partial charge in [0.2, 0.25) is 13.6 Å². The molecule has 0 spiro atoms. The van der Waals surface area contributed by atoms with Crippen molar-refractivity contribution in [2.24, 2.45) is 0 Å². The Morgan fingerprint density at radius 2 is 1.10 bits per heavy atom. The summed E-state index contributed by atoms with van der Waals surface area (Å²) in [7, 11) is 0. The summed E-state index contributed by atoms with van der Waals surface area (Å²) in [5.74, 6) is 2.98. The minimum absolute atomic E-state index is 0.0543. The number of aromatic nitrogens is 1. The van der Waals surface area contributed by atoms with Crippen molar-refractivity contribution in [3.8, 4) is 23.0 Å². The van der Waals surface area contributed by atoms with Crippen molar-refractivity contribution in [3.05, 3.63) is 77.1 Å². The van der Waals surface area contributed by atoms with E-state index in [9.17, 15) is 9.59 Å². The fraction of sp³-hybridized carbons (Fsp3) is 0.387. The monoisotopic (exact) mass is 571 g/mol. The van der Waals surface area contributed by atoms with Gasteiger partial charge in [0.1, 0.15) is 5.69 Å². The maximum absolute atomic E-state index is 13.1. The Balaban J connectivity index is 0.877. The van der Waals surface area contributed by atoms with Crippen molar-refractivity contribution in [1.29, 1.82) is 0 Å². The highest BCUT2D eigenvalue weighted by molar-refractivity contribution is 5.96. The topological polar surface area (TPSA) is 96.9 Å². The highest BCUT2D eigenvalue weighted by Gasteiger charge is 2.26. The van der Waals surface area contributed by atoms with E-state index in [0.29, 0.717) is 37.4 Å². The lowest BCUT2D eigenvalue weighted by Gasteiger charge is -2.35. The molecule has 2 fully saturated rings. The third kappa shape index (κ3) is 5.57. The summed E-state index contributed by atoms with van der Waals surface area (Å²) in [4.78, 5) is 39.0. The van der Waals surface area contributed by atoms with Crippen LogP contribution in [0.4, 0.5) is 0 Å². The number of nitrogens with zero attached hydrogens (tertiary/aromatic N) is 5. The van der Waals surface area contributed by atoms with Crippen LogP contribution in [-0.2, 0) is 13.1 Å². The molecule has 218 valence electrons. The Labute approximate surface area is 244 Å². The lowest BCUT2D eigenvalue weighted by molar-refractivity contribution is 0.0612. The molecular weight excluding hydrogens is 538 g/mol. The molecule has 1 aromatic heterocycles. The molecule has 2 saturated heterocycles. The molecule has 0 bridgehead atoms. The van der Waals surface area contributed by atoms with Crippen LogP contribution in [0.15, 0.2) is 54.7 Å². The van der Waals surface area contributed by atoms with Crippen LogP contribution in [0, 0.1) is 0 Å². The number of carbonyl (C=O) groups excluding carboxylic acids is 2. The van der Waals surface area contributed by atoms with E-state index in [-0.39, 0.29) is 25.4 Å². The molecule has 0 unspecified atom stereocenters. The van der Waals surface area contributed by atoms with E-state index in [1.54, 1.807) is 12.1 Å². The van der Waals surface area contributed by atoms with Crippen LogP contribution in [0.3, 0.4) is 0 Å². The zero-order valence-electron chi connectivity index (χ0n) is 23.4. The van der Waals surface area contributed by atoms with Crippen LogP contribution in [0.1, 0.15) is 32.0 Å². The van der Waals surface area contributed by atoms with Crippen LogP contribution in [0.2, 0.25) is 0 Å². The van der Waals surface area contributed by atoms with E-state index in [2.05, 4.69) is 26.9 Å². The predicted octanol–water partition coefficient (Wildman–Crippen LogP) is 2.46. The summed E-state index contributed by atoms with van der Waals surface area (Å²) < 4.78 is 21.8. The fourth-order valence-corrected chi connectivity index (χ4v) is 5.80. The van der Waals surface area contributed by atoms with Gasteiger partial charge in [0.15, 0.2) is 23.0 Å². The Hall–Kier alpha value is -4.35. The number of carbonyl (C=O) groups is 2. The number of rotatable bonds is 6. The number of benzene rings is 2. The number of ether oxygens (including phenoxy) is 4. The second-order valence-corrected chi connectivity index (χ2v) is 10.9. The number of piperazine rings is 2. The number of pyridine rings is 1. The van der Waals surface area contributed by atoms with Gasteiger partial charge in [-0.1, -0.05) is 12.1 Å². The van der Waals surface area contributed by atoms with Gasteiger partial charge in [-0.05, 0) is 47.5 Å². The molecule has 11 nitrogen and oxygen atoms in total. The van der Waals surface area contributed by atoms with Gasteiger partial charge in [-0.15, -0.1) is 0 Å². The molecule has 2 aromatic carbocycles. The Morgan fingerprint density at radius 3 is 1.60 bits per heavy atom. The Morgan fingerprint density at radius 1 is 0.595 bits per heavy atom. The molecule has 0 atom stereocenters. The van der Waals surface area contributed by atoms with Crippen molar-refractivity contribution in [2.75, 3.05) is 65.9 Å². The highest BCUT2D eigenvalue weighted by Crippen LogP contribution is 2.34. The second kappa shape index (κ2) is 11.5. The third-order valence-electron chi connectivity index (χ3n) is 8.23. The largest absolute Gasteiger partial charge is 0.454 e. The molecule has 5 heterocycles. The van der Waals surface area contributed by atoms with E-state index < -0.39 is 0 Å². The third-order valence-corrected chi connectivity index (χ3v) is 8.23. The van der Waals surface area contributed by atoms with E-state index in [4.69, 9.17) is 18.9 Å². The van der Waals surface area contributed by atoms with Gasteiger partial charge < -0.3 is 28.7 Å². The number of amides is 2. The van der Waals surface area contributed by atoms with E-state index >= 15 is 0 Å². The first kappa shape index (κ1) is 26.5. The molecule has 3 aromatic rings. The fourth-order valence-electron chi connectivity index (χ4n) is 5.80. The summed E-state index contributed by atoms with van der Waals surface area (Å²) >= 11 is 0. The number of hydrogen-bond acceptors (Lipinski definition) is 9. The number of fused-ring (bicyclic) bond motifs is 2. The molecule has 4 aliphatic heterocycles. The van der Waals surface area contributed by atoms with Gasteiger partial charge >= 0.3 is 0 Å². The molecule has 2 amide bonds. The molecule has 11 heteroatoms. The van der Waals surface area contributed by atoms with Crippen molar-refractivity contribution in [3.63, 3.8) is 0 Å². The minimum Gasteiger partial charge on any atom is -0.454 e.